The molecule has 1 amide bonds. The number of nitrogens with zero attached hydrogens (tertiary/aromatic N) is 3. The van der Waals surface area contributed by atoms with Gasteiger partial charge in [-0.15, -0.1) is 0 Å². The highest BCUT2D eigenvalue weighted by Crippen LogP contribution is 2.18. The summed E-state index contributed by atoms with van der Waals surface area (Å²) in [7, 11) is 1.52. The van der Waals surface area contributed by atoms with Crippen molar-refractivity contribution in [1.29, 1.82) is 0 Å². The second-order valence-corrected chi connectivity index (χ2v) is 5.68. The summed E-state index contributed by atoms with van der Waals surface area (Å²) in [6.45, 7) is 3.97. The van der Waals surface area contributed by atoms with Crippen molar-refractivity contribution in [2.45, 2.75) is 6.54 Å². The maximum absolute atomic E-state index is 12.4. The topological polar surface area (TPSA) is 76.5 Å². The highest BCUT2D eigenvalue weighted by molar-refractivity contribution is 6.03. The smallest absolute Gasteiger partial charge is 0.276 e. The normalized spacial score (nSPS) is 15.2. The van der Waals surface area contributed by atoms with Gasteiger partial charge in [-0.05, 0) is 17.7 Å². The number of aryl methyl sites for hydroxylation is 1. The van der Waals surface area contributed by atoms with E-state index in [1.165, 1.54) is 19.2 Å². The molecule has 1 saturated heterocycles. The average molecular weight is 328 g/mol. The molecule has 0 spiro atoms. The van der Waals surface area contributed by atoms with Gasteiger partial charge in [0.1, 0.15) is 5.69 Å². The molecule has 7 heteroatoms. The highest BCUT2D eigenvalue weighted by atomic mass is 16.5. The van der Waals surface area contributed by atoms with E-state index < -0.39 is 0 Å². The fourth-order valence-electron chi connectivity index (χ4n) is 2.59. The number of rotatable bonds is 4. The first-order valence-corrected chi connectivity index (χ1v) is 7.87. The third kappa shape index (κ3) is 3.87. The van der Waals surface area contributed by atoms with Gasteiger partial charge in [-0.3, -0.25) is 14.5 Å². The first-order chi connectivity index (χ1) is 11.6. The summed E-state index contributed by atoms with van der Waals surface area (Å²) < 4.78 is 6.51. The number of aromatic nitrogens is 2. The summed E-state index contributed by atoms with van der Waals surface area (Å²) in [6.07, 6.45) is 0. The Labute approximate surface area is 139 Å². The van der Waals surface area contributed by atoms with E-state index in [-0.39, 0.29) is 17.2 Å². The number of anilines is 1. The van der Waals surface area contributed by atoms with Crippen LogP contribution in [0.15, 0.2) is 41.2 Å². The molecule has 0 bridgehead atoms. The SMILES string of the molecule is Cn1nc(C(=O)Nc2ccccc2CN2CCOCC2)ccc1=O. The van der Waals surface area contributed by atoms with Gasteiger partial charge in [0, 0.05) is 38.4 Å². The number of hydrogen-bond donors (Lipinski definition) is 1. The Hall–Kier alpha value is -2.51. The quantitative estimate of drug-likeness (QED) is 0.901. The fourth-order valence-corrected chi connectivity index (χ4v) is 2.59. The van der Waals surface area contributed by atoms with Gasteiger partial charge in [0.15, 0.2) is 0 Å². The lowest BCUT2D eigenvalue weighted by atomic mass is 10.1. The molecule has 0 atom stereocenters. The van der Waals surface area contributed by atoms with Gasteiger partial charge in [0.25, 0.3) is 11.5 Å². The van der Waals surface area contributed by atoms with Gasteiger partial charge < -0.3 is 10.1 Å². The highest BCUT2D eigenvalue weighted by Gasteiger charge is 2.15. The molecule has 2 heterocycles. The number of para-hydroxylation sites is 1. The minimum absolute atomic E-state index is 0.207. The van der Waals surface area contributed by atoms with Crippen LogP contribution in [0.3, 0.4) is 0 Å². The molecule has 126 valence electrons. The monoisotopic (exact) mass is 328 g/mol. The Morgan fingerprint density at radius 3 is 2.71 bits per heavy atom. The number of morpholine rings is 1. The van der Waals surface area contributed by atoms with E-state index in [4.69, 9.17) is 4.74 Å². The first-order valence-electron chi connectivity index (χ1n) is 7.87. The number of carbonyl (C=O) groups excluding carboxylic acids is 1. The van der Waals surface area contributed by atoms with Crippen molar-refractivity contribution in [2.75, 3.05) is 31.6 Å². The molecule has 24 heavy (non-hydrogen) atoms. The van der Waals surface area contributed by atoms with Gasteiger partial charge >= 0.3 is 0 Å². The van der Waals surface area contributed by atoms with Crippen LogP contribution in [0.1, 0.15) is 16.1 Å². The third-order valence-corrected chi connectivity index (χ3v) is 3.96. The zero-order valence-corrected chi connectivity index (χ0v) is 13.6. The Balaban J connectivity index is 1.75. The number of benzene rings is 1. The van der Waals surface area contributed by atoms with E-state index in [1.807, 2.05) is 24.3 Å². The number of nitrogens with one attached hydrogen (secondary N) is 1. The van der Waals surface area contributed by atoms with E-state index >= 15 is 0 Å². The lowest BCUT2D eigenvalue weighted by Gasteiger charge is -2.27. The van der Waals surface area contributed by atoms with Gasteiger partial charge in [-0.2, -0.15) is 5.10 Å². The summed E-state index contributed by atoms with van der Waals surface area (Å²) >= 11 is 0. The fraction of sp³-hybridized carbons (Fsp3) is 0.353. The minimum Gasteiger partial charge on any atom is -0.379 e. The molecular formula is C17H20N4O3. The number of amides is 1. The number of ether oxygens (including phenoxy) is 1. The Kier molecular flexibility index (Phi) is 5.02. The lowest BCUT2D eigenvalue weighted by molar-refractivity contribution is 0.0342. The summed E-state index contributed by atoms with van der Waals surface area (Å²) in [6, 6.07) is 10.5. The maximum atomic E-state index is 12.4. The zero-order chi connectivity index (χ0) is 16.9. The van der Waals surface area contributed by atoms with Crippen molar-refractivity contribution in [3.8, 4) is 0 Å². The molecule has 1 aromatic carbocycles. The van der Waals surface area contributed by atoms with Crippen LogP contribution in [0.25, 0.3) is 0 Å². The van der Waals surface area contributed by atoms with E-state index in [0.717, 1.165) is 48.8 Å². The minimum atomic E-state index is -0.333. The average Bonchev–Trinajstić information content (AvgIpc) is 2.60. The molecule has 0 radical (unpaired) electrons. The van der Waals surface area contributed by atoms with Crippen LogP contribution in [0, 0.1) is 0 Å². The van der Waals surface area contributed by atoms with E-state index in [2.05, 4.69) is 15.3 Å². The Morgan fingerprint density at radius 2 is 1.96 bits per heavy atom. The number of hydrogen-bond acceptors (Lipinski definition) is 5. The van der Waals surface area contributed by atoms with Gasteiger partial charge in [0.05, 0.1) is 13.2 Å². The van der Waals surface area contributed by atoms with Crippen molar-refractivity contribution in [2.24, 2.45) is 7.05 Å². The molecule has 1 N–H and O–H groups in total. The molecule has 1 aliphatic heterocycles. The van der Waals surface area contributed by atoms with Crippen LogP contribution in [-0.4, -0.2) is 46.9 Å². The largest absolute Gasteiger partial charge is 0.379 e. The molecule has 0 unspecified atom stereocenters. The van der Waals surface area contributed by atoms with Crippen molar-refractivity contribution in [1.82, 2.24) is 14.7 Å². The molecule has 1 aliphatic rings. The zero-order valence-electron chi connectivity index (χ0n) is 13.6. The van der Waals surface area contributed by atoms with Crippen LogP contribution < -0.4 is 10.9 Å². The van der Waals surface area contributed by atoms with E-state index in [9.17, 15) is 9.59 Å². The second-order valence-electron chi connectivity index (χ2n) is 5.68. The van der Waals surface area contributed by atoms with Crippen LogP contribution in [0.2, 0.25) is 0 Å². The number of carbonyl (C=O) groups is 1. The molecule has 0 aliphatic carbocycles. The van der Waals surface area contributed by atoms with Crippen LogP contribution in [0.4, 0.5) is 5.69 Å². The predicted octanol–water partition coefficient (Wildman–Crippen LogP) is 0.865. The molecule has 7 nitrogen and oxygen atoms in total. The predicted molar refractivity (Wildman–Crippen MR) is 90.0 cm³/mol. The van der Waals surface area contributed by atoms with Crippen molar-refractivity contribution >= 4 is 11.6 Å². The summed E-state index contributed by atoms with van der Waals surface area (Å²) in [5.74, 6) is -0.333. The summed E-state index contributed by atoms with van der Waals surface area (Å²) in [5, 5.41) is 6.87. The third-order valence-electron chi connectivity index (χ3n) is 3.96. The van der Waals surface area contributed by atoms with Gasteiger partial charge in [-0.25, -0.2) is 4.68 Å². The van der Waals surface area contributed by atoms with Crippen molar-refractivity contribution < 1.29 is 9.53 Å². The summed E-state index contributed by atoms with van der Waals surface area (Å²) in [4.78, 5) is 26.1. The van der Waals surface area contributed by atoms with E-state index in [0.29, 0.717) is 0 Å². The van der Waals surface area contributed by atoms with Crippen molar-refractivity contribution in [3.63, 3.8) is 0 Å². The van der Waals surface area contributed by atoms with Gasteiger partial charge in [-0.1, -0.05) is 18.2 Å². The van der Waals surface area contributed by atoms with Gasteiger partial charge in [0.2, 0.25) is 0 Å². The van der Waals surface area contributed by atoms with E-state index in [1.54, 1.807) is 0 Å². The van der Waals surface area contributed by atoms with Crippen LogP contribution in [0.5, 0.6) is 0 Å². The second kappa shape index (κ2) is 7.37. The maximum Gasteiger partial charge on any atom is 0.276 e. The Bertz CT molecular complexity index is 781. The molecule has 2 aromatic rings. The van der Waals surface area contributed by atoms with Crippen molar-refractivity contribution in [3.05, 3.63) is 58.0 Å². The lowest BCUT2D eigenvalue weighted by Crippen LogP contribution is -2.35. The molecule has 1 aromatic heterocycles. The molecule has 0 saturated carbocycles. The standard InChI is InChI=1S/C17H20N4O3/c1-20-16(22)7-6-15(19-20)17(23)18-14-5-3-2-4-13(14)12-21-8-10-24-11-9-21/h2-7H,8-12H2,1H3,(H,18,23). The molecule has 3 rings (SSSR count). The van der Waals surface area contributed by atoms with Crippen LogP contribution >= 0.6 is 0 Å². The molecular weight excluding hydrogens is 308 g/mol. The Morgan fingerprint density at radius 1 is 1.21 bits per heavy atom. The van der Waals surface area contributed by atoms with Crippen LogP contribution in [-0.2, 0) is 18.3 Å². The molecule has 1 fully saturated rings. The first kappa shape index (κ1) is 16.4. The summed E-state index contributed by atoms with van der Waals surface area (Å²) in [5.41, 5.74) is 1.75.